The zero-order valence-electron chi connectivity index (χ0n) is 18.0. The molecule has 35 heavy (non-hydrogen) atoms. The van der Waals surface area contributed by atoms with Crippen LogP contribution in [0, 0.1) is 0 Å². The van der Waals surface area contributed by atoms with Gasteiger partial charge in [0.25, 0.3) is 26.0 Å². The molecule has 4 N–H and O–H groups in total. The van der Waals surface area contributed by atoms with E-state index in [1.807, 2.05) is 0 Å². The van der Waals surface area contributed by atoms with E-state index in [-0.39, 0.29) is 31.1 Å². The molecule has 1 aromatic carbocycles. The van der Waals surface area contributed by atoms with E-state index in [1.54, 1.807) is 22.9 Å². The van der Waals surface area contributed by atoms with Crippen molar-refractivity contribution in [2.45, 2.75) is 27.7 Å². The fraction of sp³-hybridized carbons (Fsp3) is 0.143. The van der Waals surface area contributed by atoms with Gasteiger partial charge < -0.3 is 5.43 Å². The average Bonchev–Trinajstić information content (AvgIpc) is 3.52. The molecule has 0 atom stereocenters. The van der Waals surface area contributed by atoms with E-state index < -0.39 is 26.0 Å². The number of allylic oxidation sites excluding steroid dienone is 2. The highest BCUT2D eigenvalue weighted by Gasteiger charge is 2.20. The Balaban J connectivity index is 1.63. The summed E-state index contributed by atoms with van der Waals surface area (Å²) in [7, 11) is -7.90. The maximum Gasteiger partial charge on any atom is 0.271 e. The molecule has 0 fully saturated rings. The van der Waals surface area contributed by atoms with Crippen molar-refractivity contribution in [3.63, 3.8) is 0 Å². The first-order valence-electron chi connectivity index (χ1n) is 10.2. The number of amides is 1. The van der Waals surface area contributed by atoms with Gasteiger partial charge in [-0.05, 0) is 53.9 Å². The number of anilines is 2. The van der Waals surface area contributed by atoms with E-state index in [1.165, 1.54) is 36.4 Å². The smallest absolute Gasteiger partial charge is 0.271 e. The maximum absolute atomic E-state index is 12.8. The molecule has 1 aliphatic carbocycles. The number of carbonyl (C=O) groups is 2. The molecule has 0 saturated carbocycles. The molecule has 0 bridgehead atoms. The van der Waals surface area contributed by atoms with Crippen LogP contribution in [-0.4, -0.2) is 28.5 Å². The van der Waals surface area contributed by atoms with Gasteiger partial charge in [-0.3, -0.25) is 24.5 Å². The molecule has 1 aliphatic rings. The predicted octanol–water partition coefficient (Wildman–Crippen LogP) is 3.28. The van der Waals surface area contributed by atoms with Gasteiger partial charge in [-0.1, -0.05) is 12.1 Å². The van der Waals surface area contributed by atoms with Crippen molar-refractivity contribution in [3.8, 4) is 0 Å². The lowest BCUT2D eigenvalue weighted by Crippen LogP contribution is -2.37. The second-order valence-electron chi connectivity index (χ2n) is 7.44. The Labute approximate surface area is 210 Å². The Hall–Kier alpha value is -3.20. The van der Waals surface area contributed by atoms with Gasteiger partial charge in [0, 0.05) is 23.8 Å². The van der Waals surface area contributed by atoms with Crippen molar-refractivity contribution in [3.05, 3.63) is 70.6 Å². The number of hydrogen-bond acceptors (Lipinski definition) is 9. The number of sulfonamides is 2. The molecule has 4 rings (SSSR count). The summed E-state index contributed by atoms with van der Waals surface area (Å²) in [6, 6.07) is 9.86. The van der Waals surface area contributed by atoms with E-state index in [0.29, 0.717) is 25.0 Å². The number of nitrogens with one attached hydrogen (secondary N) is 4. The van der Waals surface area contributed by atoms with Gasteiger partial charge in [0.1, 0.15) is 8.42 Å². The normalized spacial score (nSPS) is 14.2. The molecule has 14 heteroatoms. The molecule has 0 saturated heterocycles. The van der Waals surface area contributed by atoms with Crippen molar-refractivity contribution < 1.29 is 26.4 Å². The molecule has 2 heterocycles. The molecule has 3 aromatic rings. The Morgan fingerprint density at radius 3 is 1.89 bits per heavy atom. The number of carbonyl (C=O) groups excluding carboxylic acids is 2. The maximum atomic E-state index is 12.8. The Morgan fingerprint density at radius 2 is 1.40 bits per heavy atom. The summed E-state index contributed by atoms with van der Waals surface area (Å²) in [6.07, 6.45) is 3.09. The molecule has 1 amide bonds. The van der Waals surface area contributed by atoms with Crippen LogP contribution in [0.3, 0.4) is 0 Å². The van der Waals surface area contributed by atoms with Crippen molar-refractivity contribution in [2.75, 3.05) is 9.44 Å². The van der Waals surface area contributed by atoms with Crippen molar-refractivity contribution in [1.82, 2.24) is 10.9 Å². The van der Waals surface area contributed by atoms with E-state index in [0.717, 1.165) is 22.7 Å². The third kappa shape index (κ3) is 6.28. The summed E-state index contributed by atoms with van der Waals surface area (Å²) < 4.78 is 55.7. The van der Waals surface area contributed by atoms with Crippen LogP contribution >= 0.6 is 22.7 Å². The van der Waals surface area contributed by atoms with Crippen molar-refractivity contribution in [2.24, 2.45) is 0 Å². The van der Waals surface area contributed by atoms with Gasteiger partial charge >= 0.3 is 0 Å². The van der Waals surface area contributed by atoms with E-state index in [2.05, 4.69) is 20.3 Å². The van der Waals surface area contributed by atoms with Crippen LogP contribution < -0.4 is 20.3 Å². The molecular formula is C21H20N4O6S4. The molecule has 184 valence electrons. The molecule has 10 nitrogen and oxygen atoms in total. The summed E-state index contributed by atoms with van der Waals surface area (Å²) in [5.74, 6) is -0.707. The summed E-state index contributed by atoms with van der Waals surface area (Å²) in [6.45, 7) is 0. The van der Waals surface area contributed by atoms with Crippen LogP contribution in [0.4, 0.5) is 11.4 Å². The third-order valence-electron chi connectivity index (χ3n) is 4.76. The van der Waals surface area contributed by atoms with Crippen LogP contribution in [0.25, 0.3) is 0 Å². The number of benzene rings is 1. The van der Waals surface area contributed by atoms with Crippen molar-refractivity contribution >= 4 is 65.8 Å². The summed E-state index contributed by atoms with van der Waals surface area (Å²) >= 11 is 2.03. The highest BCUT2D eigenvalue weighted by molar-refractivity contribution is 7.95. The summed E-state index contributed by atoms with van der Waals surface area (Å²) in [5, 5.41) is 3.21. The fourth-order valence-electron chi connectivity index (χ4n) is 3.22. The first-order valence-corrected chi connectivity index (χ1v) is 14.9. The number of ketones is 1. The minimum absolute atomic E-state index is 0.0120. The lowest BCUT2D eigenvalue weighted by Gasteiger charge is -2.16. The Morgan fingerprint density at radius 1 is 0.829 bits per heavy atom. The topological polar surface area (TPSA) is 151 Å². The van der Waals surface area contributed by atoms with E-state index >= 15 is 0 Å². The predicted molar refractivity (Wildman–Crippen MR) is 134 cm³/mol. The zero-order valence-corrected chi connectivity index (χ0v) is 21.2. The SMILES string of the molecule is O=C1C=C(NNC(=O)c2cc(NS(=O)(=O)c3cccs3)cc(NS(=O)(=O)c3cccs3)c2)CCC1. The van der Waals surface area contributed by atoms with Gasteiger partial charge in [-0.15, -0.1) is 22.7 Å². The molecule has 2 aromatic heterocycles. The van der Waals surface area contributed by atoms with Crippen LogP contribution in [0.2, 0.25) is 0 Å². The van der Waals surface area contributed by atoms with Crippen LogP contribution in [0.15, 0.2) is 73.4 Å². The van der Waals surface area contributed by atoms with Gasteiger partial charge in [0.05, 0.1) is 11.4 Å². The highest BCUT2D eigenvalue weighted by Crippen LogP contribution is 2.27. The van der Waals surface area contributed by atoms with Crippen molar-refractivity contribution in [1.29, 1.82) is 0 Å². The number of thiophene rings is 2. The fourth-order valence-corrected chi connectivity index (χ4v) is 7.29. The molecule has 0 spiro atoms. The third-order valence-corrected chi connectivity index (χ3v) is 10.3. The lowest BCUT2D eigenvalue weighted by molar-refractivity contribution is -0.115. The number of rotatable bonds is 9. The van der Waals surface area contributed by atoms with Crippen LogP contribution in [0.5, 0.6) is 0 Å². The standard InChI is InChI=1S/C21H20N4O6S4/c26-18-5-1-4-15(13-18)22-23-21(27)14-10-16(24-34(28,29)19-6-2-8-32-19)12-17(11-14)25-35(30,31)20-7-3-9-33-20/h2-3,6-13,22,24-25H,1,4-5H2,(H,23,27). The van der Waals surface area contributed by atoms with E-state index in [4.69, 9.17) is 0 Å². The number of hydrazine groups is 1. The average molecular weight is 553 g/mol. The van der Waals surface area contributed by atoms with Gasteiger partial charge in [0.2, 0.25) is 0 Å². The Kier molecular flexibility index (Phi) is 7.25. The molecule has 0 aliphatic heterocycles. The quantitative estimate of drug-likeness (QED) is 0.298. The summed E-state index contributed by atoms with van der Waals surface area (Å²) in [5.41, 5.74) is 5.66. The van der Waals surface area contributed by atoms with Gasteiger partial charge in [-0.25, -0.2) is 16.8 Å². The second-order valence-corrected chi connectivity index (χ2v) is 13.2. The highest BCUT2D eigenvalue weighted by atomic mass is 32.3. The second kappa shape index (κ2) is 10.2. The minimum atomic E-state index is -3.95. The molecule has 0 unspecified atom stereocenters. The monoisotopic (exact) mass is 552 g/mol. The van der Waals surface area contributed by atoms with Gasteiger partial charge in [0.15, 0.2) is 5.78 Å². The first-order chi connectivity index (χ1) is 16.6. The zero-order chi connectivity index (χ0) is 25.1. The largest absolute Gasteiger partial charge is 0.302 e. The molecular weight excluding hydrogens is 533 g/mol. The minimum Gasteiger partial charge on any atom is -0.302 e. The van der Waals surface area contributed by atoms with E-state index in [9.17, 15) is 26.4 Å². The van der Waals surface area contributed by atoms with Crippen LogP contribution in [0.1, 0.15) is 29.6 Å². The van der Waals surface area contributed by atoms with Gasteiger partial charge in [-0.2, -0.15) is 0 Å². The van der Waals surface area contributed by atoms with Crippen LogP contribution in [-0.2, 0) is 24.8 Å². The Bertz CT molecular complexity index is 1390. The summed E-state index contributed by atoms with van der Waals surface area (Å²) in [4.78, 5) is 24.4. The molecule has 0 radical (unpaired) electrons. The lowest BCUT2D eigenvalue weighted by atomic mass is 10.0. The first kappa shape index (κ1) is 24.9. The number of hydrogen-bond donors (Lipinski definition) is 4.